The normalized spacial score (nSPS) is 12.2. The number of fused-ring (bicyclic) bond motifs is 1. The molecule has 0 aliphatic carbocycles. The summed E-state index contributed by atoms with van der Waals surface area (Å²) in [6.45, 7) is 0. The molecule has 1 atom stereocenters. The first kappa shape index (κ1) is 13.8. The zero-order valence-electron chi connectivity index (χ0n) is 10.1. The number of nitrogens with one attached hydrogen (secondary N) is 1. The Bertz CT molecular complexity index is 631. The Balaban J connectivity index is 2.54. The second-order valence-electron chi connectivity index (χ2n) is 4.04. The third-order valence-electron chi connectivity index (χ3n) is 2.83. The second kappa shape index (κ2) is 5.19. The van der Waals surface area contributed by atoms with Crippen molar-refractivity contribution in [3.63, 3.8) is 0 Å². The third kappa shape index (κ3) is 2.72. The molecule has 0 saturated carbocycles. The maximum Gasteiger partial charge on any atom is 0.310 e. The molecule has 2 aromatic carbocycles. The average Bonchev–Trinajstić information content (AvgIpc) is 2.45. The molecule has 0 aliphatic rings. The van der Waals surface area contributed by atoms with Gasteiger partial charge in [0.25, 0.3) is 5.91 Å². The van der Waals surface area contributed by atoms with Gasteiger partial charge in [0.15, 0.2) is 0 Å². The van der Waals surface area contributed by atoms with E-state index in [1.165, 1.54) is 19.2 Å². The molecule has 0 spiro atoms. The van der Waals surface area contributed by atoms with Crippen molar-refractivity contribution in [1.82, 2.24) is 5.32 Å². The topological polar surface area (TPSA) is 49.3 Å². The molecule has 0 radical (unpaired) electrons. The van der Waals surface area contributed by atoms with Gasteiger partial charge in [0.05, 0.1) is 8.81 Å². The van der Waals surface area contributed by atoms with E-state index in [2.05, 4.69) is 5.32 Å². The van der Waals surface area contributed by atoms with Crippen molar-refractivity contribution in [3.05, 3.63) is 47.5 Å². The monoisotopic (exact) mass is 283 g/mol. The van der Waals surface area contributed by atoms with Crippen molar-refractivity contribution in [1.29, 1.82) is 0 Å². The molecule has 19 heavy (non-hydrogen) atoms. The van der Waals surface area contributed by atoms with Crippen LogP contribution in [-0.2, 0) is 5.66 Å². The van der Waals surface area contributed by atoms with E-state index in [9.17, 15) is 13.6 Å². The first-order valence-corrected chi connectivity index (χ1v) is 6.48. The fourth-order valence-electron chi connectivity index (χ4n) is 1.79. The Labute approximate surface area is 110 Å². The lowest BCUT2D eigenvalue weighted by Gasteiger charge is -2.14. The molecule has 2 aromatic rings. The Morgan fingerprint density at radius 1 is 1.21 bits per heavy atom. The standard InChI is InChI=1S/C13H12F2NO2P/c1-16-12(17)9-3-2-8-4-5-11(7-10(8)6-9)13(14,15)19-18/h2-7,18-19H,1H3,(H,16,17). The zero-order chi connectivity index (χ0) is 14.0. The van der Waals surface area contributed by atoms with E-state index in [1.807, 2.05) is 0 Å². The Hall–Kier alpha value is -1.58. The Kier molecular flexibility index (Phi) is 3.78. The minimum Gasteiger partial charge on any atom is -0.370 e. The number of amides is 1. The number of benzene rings is 2. The van der Waals surface area contributed by atoms with E-state index in [0.717, 1.165) is 5.39 Å². The van der Waals surface area contributed by atoms with Crippen LogP contribution in [0.5, 0.6) is 0 Å². The SMILES string of the molecule is CNC(=O)c1ccc2ccc(C(F)(F)PO)cc2c1. The summed E-state index contributed by atoms with van der Waals surface area (Å²) in [7, 11) is 0.0170. The highest BCUT2D eigenvalue weighted by atomic mass is 31.1. The maximum absolute atomic E-state index is 13.4. The first-order chi connectivity index (χ1) is 8.97. The summed E-state index contributed by atoms with van der Waals surface area (Å²) in [5, 5.41) is 3.77. The van der Waals surface area contributed by atoms with Gasteiger partial charge in [0.1, 0.15) is 0 Å². The smallest absolute Gasteiger partial charge is 0.310 e. The largest absolute Gasteiger partial charge is 0.370 e. The molecule has 3 nitrogen and oxygen atoms in total. The van der Waals surface area contributed by atoms with E-state index >= 15 is 0 Å². The van der Waals surface area contributed by atoms with Gasteiger partial charge >= 0.3 is 5.66 Å². The number of alkyl halides is 2. The van der Waals surface area contributed by atoms with Crippen molar-refractivity contribution < 1.29 is 18.5 Å². The van der Waals surface area contributed by atoms with Crippen LogP contribution in [0.15, 0.2) is 36.4 Å². The quantitative estimate of drug-likeness (QED) is 0.851. The fourth-order valence-corrected chi connectivity index (χ4v) is 2.08. The van der Waals surface area contributed by atoms with E-state index in [0.29, 0.717) is 10.9 Å². The number of hydrogen-bond donors (Lipinski definition) is 2. The van der Waals surface area contributed by atoms with Crippen LogP contribution < -0.4 is 5.32 Å². The van der Waals surface area contributed by atoms with Crippen molar-refractivity contribution in [2.24, 2.45) is 0 Å². The molecule has 100 valence electrons. The summed E-state index contributed by atoms with van der Waals surface area (Å²) in [6.07, 6.45) is 0. The van der Waals surface area contributed by atoms with Crippen LogP contribution in [0.2, 0.25) is 0 Å². The molecule has 0 saturated heterocycles. The molecule has 0 heterocycles. The summed E-state index contributed by atoms with van der Waals surface area (Å²) in [6, 6.07) is 9.01. The Morgan fingerprint density at radius 2 is 1.89 bits per heavy atom. The average molecular weight is 283 g/mol. The third-order valence-corrected chi connectivity index (χ3v) is 3.40. The van der Waals surface area contributed by atoms with Gasteiger partial charge < -0.3 is 10.2 Å². The van der Waals surface area contributed by atoms with Gasteiger partial charge in [0, 0.05) is 18.2 Å². The second-order valence-corrected chi connectivity index (χ2v) is 4.89. The molecule has 0 aromatic heterocycles. The van der Waals surface area contributed by atoms with E-state index in [1.54, 1.807) is 24.3 Å². The van der Waals surface area contributed by atoms with Crippen LogP contribution in [0, 0.1) is 0 Å². The predicted octanol–water partition coefficient (Wildman–Crippen LogP) is 2.83. The van der Waals surface area contributed by atoms with Gasteiger partial charge in [-0.1, -0.05) is 18.2 Å². The minimum atomic E-state index is -3.25. The number of carbonyl (C=O) groups is 1. The lowest BCUT2D eigenvalue weighted by Crippen LogP contribution is -2.17. The number of carbonyl (C=O) groups excluding carboxylic acids is 1. The minimum absolute atomic E-state index is 0.255. The van der Waals surface area contributed by atoms with Crippen molar-refractivity contribution in [2.45, 2.75) is 5.66 Å². The lowest BCUT2D eigenvalue weighted by atomic mass is 10.0. The molecular weight excluding hydrogens is 271 g/mol. The van der Waals surface area contributed by atoms with Gasteiger partial charge in [-0.2, -0.15) is 8.78 Å². The molecule has 1 unspecified atom stereocenters. The number of rotatable bonds is 3. The summed E-state index contributed by atoms with van der Waals surface area (Å²) < 4.78 is 26.8. The number of halogens is 2. The van der Waals surface area contributed by atoms with Gasteiger partial charge in [-0.25, -0.2) is 0 Å². The van der Waals surface area contributed by atoms with Crippen LogP contribution >= 0.6 is 8.81 Å². The maximum atomic E-state index is 13.4. The summed E-state index contributed by atoms with van der Waals surface area (Å²) >= 11 is 0. The van der Waals surface area contributed by atoms with Gasteiger partial charge in [-0.05, 0) is 29.0 Å². The molecule has 6 heteroatoms. The van der Waals surface area contributed by atoms with E-state index in [-0.39, 0.29) is 11.5 Å². The van der Waals surface area contributed by atoms with Crippen LogP contribution in [0.4, 0.5) is 8.78 Å². The first-order valence-electron chi connectivity index (χ1n) is 5.53. The summed E-state index contributed by atoms with van der Waals surface area (Å²) in [4.78, 5) is 20.2. The van der Waals surface area contributed by atoms with Crippen molar-refractivity contribution in [2.75, 3.05) is 7.05 Å². The molecule has 0 bridgehead atoms. The fraction of sp³-hybridized carbons (Fsp3) is 0.154. The molecule has 2 N–H and O–H groups in total. The van der Waals surface area contributed by atoms with Crippen LogP contribution in [0.3, 0.4) is 0 Å². The molecule has 0 aliphatic heterocycles. The summed E-state index contributed by atoms with van der Waals surface area (Å²) in [5.74, 6) is -0.275. The van der Waals surface area contributed by atoms with Gasteiger partial charge in [-0.3, -0.25) is 4.79 Å². The number of hydrogen-bond acceptors (Lipinski definition) is 2. The Morgan fingerprint density at radius 3 is 2.53 bits per heavy atom. The van der Waals surface area contributed by atoms with Gasteiger partial charge in [0.2, 0.25) is 0 Å². The molecule has 1 amide bonds. The van der Waals surface area contributed by atoms with Crippen molar-refractivity contribution >= 4 is 25.5 Å². The molecule has 2 rings (SSSR count). The highest BCUT2D eigenvalue weighted by Crippen LogP contribution is 2.42. The lowest BCUT2D eigenvalue weighted by molar-refractivity contribution is 0.0920. The van der Waals surface area contributed by atoms with Crippen LogP contribution in [0.25, 0.3) is 10.8 Å². The molecule has 0 fully saturated rings. The zero-order valence-corrected chi connectivity index (χ0v) is 11.1. The molecular formula is C13H12F2NO2P. The van der Waals surface area contributed by atoms with Crippen LogP contribution in [-0.4, -0.2) is 17.8 Å². The highest BCUT2D eigenvalue weighted by molar-refractivity contribution is 7.32. The predicted molar refractivity (Wildman–Crippen MR) is 71.8 cm³/mol. The summed E-state index contributed by atoms with van der Waals surface area (Å²) in [5.41, 5.74) is -3.10. The van der Waals surface area contributed by atoms with E-state index < -0.39 is 14.5 Å². The van der Waals surface area contributed by atoms with Gasteiger partial charge in [-0.15, -0.1) is 0 Å². The highest BCUT2D eigenvalue weighted by Gasteiger charge is 2.30. The van der Waals surface area contributed by atoms with Crippen LogP contribution in [0.1, 0.15) is 15.9 Å². The van der Waals surface area contributed by atoms with Crippen molar-refractivity contribution in [3.8, 4) is 0 Å². The van der Waals surface area contributed by atoms with E-state index in [4.69, 9.17) is 4.89 Å².